The van der Waals surface area contributed by atoms with Crippen LogP contribution in [0, 0.1) is 5.92 Å². The molecule has 1 saturated heterocycles. The molecule has 0 aromatic carbocycles. The minimum Gasteiger partial charge on any atom is -0.481 e. The molecule has 3 nitrogen and oxygen atoms in total. The molecule has 1 N–H and O–H groups in total. The Morgan fingerprint density at radius 3 is 2.80 bits per heavy atom. The highest BCUT2D eigenvalue weighted by molar-refractivity contribution is 7.85. The number of hydrogen-bond donors (Lipinski definition) is 1. The van der Waals surface area contributed by atoms with Gasteiger partial charge in [0.05, 0.1) is 0 Å². The van der Waals surface area contributed by atoms with E-state index in [1.165, 1.54) is 0 Å². The van der Waals surface area contributed by atoms with Crippen LogP contribution in [0.5, 0.6) is 0 Å². The highest BCUT2D eigenvalue weighted by Crippen LogP contribution is 2.18. The molecule has 0 saturated carbocycles. The first kappa shape index (κ1) is 7.72. The van der Waals surface area contributed by atoms with Crippen molar-refractivity contribution in [2.24, 2.45) is 5.92 Å². The third kappa shape index (κ3) is 2.10. The normalized spacial score (nSPS) is 32.4. The van der Waals surface area contributed by atoms with E-state index in [2.05, 4.69) is 0 Å². The van der Waals surface area contributed by atoms with E-state index in [4.69, 9.17) is 5.11 Å². The van der Waals surface area contributed by atoms with Crippen molar-refractivity contribution in [2.45, 2.75) is 12.8 Å². The molecule has 1 fully saturated rings. The summed E-state index contributed by atoms with van der Waals surface area (Å²) in [5.41, 5.74) is 0. The predicted octanol–water partition coefficient (Wildman–Crippen LogP) is 0.230. The molecule has 0 amide bonds. The van der Waals surface area contributed by atoms with Gasteiger partial charge in [-0.25, -0.2) is 0 Å². The maximum Gasteiger partial charge on any atom is 0.303 e. The van der Waals surface area contributed by atoms with E-state index >= 15 is 0 Å². The maximum absolute atomic E-state index is 10.8. The lowest BCUT2D eigenvalue weighted by Gasteiger charge is -2.00. The summed E-state index contributed by atoms with van der Waals surface area (Å²) in [7, 11) is -0.733. The first-order chi connectivity index (χ1) is 4.68. The maximum atomic E-state index is 10.8. The molecule has 10 heavy (non-hydrogen) atoms. The van der Waals surface area contributed by atoms with Crippen LogP contribution in [0.3, 0.4) is 0 Å². The van der Waals surface area contributed by atoms with Gasteiger partial charge >= 0.3 is 5.97 Å². The Labute approximate surface area is 61.9 Å². The Balaban J connectivity index is 2.31. The van der Waals surface area contributed by atoms with Gasteiger partial charge in [0.2, 0.25) is 0 Å². The molecule has 4 heteroatoms. The van der Waals surface area contributed by atoms with Gasteiger partial charge in [0, 0.05) is 28.7 Å². The number of carboxylic acids is 1. The van der Waals surface area contributed by atoms with E-state index < -0.39 is 16.8 Å². The number of carbonyl (C=O) groups is 1. The van der Waals surface area contributed by atoms with Crippen LogP contribution in [0.25, 0.3) is 0 Å². The lowest BCUT2D eigenvalue weighted by molar-refractivity contribution is -0.137. The molecule has 0 radical (unpaired) electrons. The Morgan fingerprint density at radius 1 is 1.70 bits per heavy atom. The minimum absolute atomic E-state index is 0.165. The molecular formula is C6H10O3S. The first-order valence-corrected chi connectivity index (χ1v) is 4.74. The summed E-state index contributed by atoms with van der Waals surface area (Å²) in [5.74, 6) is 0.673. The van der Waals surface area contributed by atoms with E-state index in [0.29, 0.717) is 11.5 Å². The summed E-state index contributed by atoms with van der Waals surface area (Å²) in [6, 6.07) is 0. The van der Waals surface area contributed by atoms with Crippen molar-refractivity contribution < 1.29 is 14.1 Å². The van der Waals surface area contributed by atoms with Crippen molar-refractivity contribution in [3.05, 3.63) is 0 Å². The van der Waals surface area contributed by atoms with Gasteiger partial charge < -0.3 is 5.11 Å². The summed E-state index contributed by atoms with van der Waals surface area (Å²) in [4.78, 5) is 10.2. The van der Waals surface area contributed by atoms with Gasteiger partial charge in [-0.2, -0.15) is 0 Å². The topological polar surface area (TPSA) is 54.4 Å². The molecule has 0 bridgehead atoms. The predicted molar refractivity (Wildman–Crippen MR) is 38.2 cm³/mol. The zero-order chi connectivity index (χ0) is 7.56. The molecule has 2 atom stereocenters. The van der Waals surface area contributed by atoms with Crippen molar-refractivity contribution in [2.75, 3.05) is 11.5 Å². The molecule has 1 rings (SSSR count). The number of carboxylic acid groups (broad SMARTS) is 1. The third-order valence-electron chi connectivity index (χ3n) is 1.64. The fourth-order valence-electron chi connectivity index (χ4n) is 1.14. The summed E-state index contributed by atoms with van der Waals surface area (Å²) in [5, 5.41) is 8.36. The van der Waals surface area contributed by atoms with E-state index in [1.807, 2.05) is 0 Å². The largest absolute Gasteiger partial charge is 0.481 e. The Kier molecular flexibility index (Phi) is 2.43. The van der Waals surface area contributed by atoms with Crippen LogP contribution in [0.15, 0.2) is 0 Å². The summed E-state index contributed by atoms with van der Waals surface area (Å²) in [6.45, 7) is 0. The van der Waals surface area contributed by atoms with E-state index in [0.717, 1.165) is 6.42 Å². The van der Waals surface area contributed by atoms with Crippen molar-refractivity contribution in [1.29, 1.82) is 0 Å². The summed E-state index contributed by atoms with van der Waals surface area (Å²) < 4.78 is 10.8. The second-order valence-corrected chi connectivity index (χ2v) is 4.18. The first-order valence-electron chi connectivity index (χ1n) is 3.25. The fraction of sp³-hybridized carbons (Fsp3) is 0.833. The average Bonchev–Trinajstić information content (AvgIpc) is 2.13. The lowest BCUT2D eigenvalue weighted by Crippen LogP contribution is -2.07. The van der Waals surface area contributed by atoms with Crippen LogP contribution in [-0.4, -0.2) is 26.8 Å². The Bertz CT molecular complexity index is 166. The molecule has 0 aromatic heterocycles. The standard InChI is InChI=1S/C6H10O3S/c7-6(8)3-5-1-2-10(9)4-5/h5H,1-4H2,(H,7,8). The minimum atomic E-state index is -0.774. The van der Waals surface area contributed by atoms with Gasteiger partial charge in [-0.05, 0) is 12.3 Å². The molecule has 1 aliphatic heterocycles. The van der Waals surface area contributed by atoms with Gasteiger partial charge in [0.15, 0.2) is 0 Å². The third-order valence-corrected chi connectivity index (χ3v) is 3.17. The van der Waals surface area contributed by atoms with Gasteiger partial charge in [-0.15, -0.1) is 0 Å². The summed E-state index contributed by atoms with van der Waals surface area (Å²) in [6.07, 6.45) is 1.00. The van der Waals surface area contributed by atoms with Crippen LogP contribution in [0.2, 0.25) is 0 Å². The quantitative estimate of drug-likeness (QED) is 0.632. The van der Waals surface area contributed by atoms with E-state index in [1.54, 1.807) is 0 Å². The number of rotatable bonds is 2. The van der Waals surface area contributed by atoms with Crippen LogP contribution in [0.1, 0.15) is 12.8 Å². The molecule has 0 aliphatic carbocycles. The van der Waals surface area contributed by atoms with Crippen molar-refractivity contribution in [1.82, 2.24) is 0 Å². The molecule has 58 valence electrons. The van der Waals surface area contributed by atoms with Crippen LogP contribution in [0.4, 0.5) is 0 Å². The van der Waals surface area contributed by atoms with E-state index in [9.17, 15) is 9.00 Å². The summed E-state index contributed by atoms with van der Waals surface area (Å²) >= 11 is 0. The van der Waals surface area contributed by atoms with Gasteiger partial charge in [-0.3, -0.25) is 9.00 Å². The van der Waals surface area contributed by atoms with Gasteiger partial charge in [0.1, 0.15) is 0 Å². The second kappa shape index (κ2) is 3.14. The Morgan fingerprint density at radius 2 is 2.40 bits per heavy atom. The molecular weight excluding hydrogens is 152 g/mol. The zero-order valence-corrected chi connectivity index (χ0v) is 6.39. The number of aliphatic carboxylic acids is 1. The molecule has 0 spiro atoms. The van der Waals surface area contributed by atoms with Crippen LogP contribution >= 0.6 is 0 Å². The van der Waals surface area contributed by atoms with Crippen molar-refractivity contribution >= 4 is 16.8 Å². The average molecular weight is 162 g/mol. The van der Waals surface area contributed by atoms with Crippen LogP contribution < -0.4 is 0 Å². The van der Waals surface area contributed by atoms with Crippen molar-refractivity contribution in [3.8, 4) is 0 Å². The zero-order valence-electron chi connectivity index (χ0n) is 5.58. The SMILES string of the molecule is O=C(O)CC1CCS(=O)C1. The fourth-order valence-corrected chi connectivity index (χ4v) is 2.71. The monoisotopic (exact) mass is 162 g/mol. The molecule has 1 aliphatic rings. The highest BCUT2D eigenvalue weighted by Gasteiger charge is 2.22. The van der Waals surface area contributed by atoms with Gasteiger partial charge in [0.25, 0.3) is 0 Å². The second-order valence-electron chi connectivity index (χ2n) is 2.56. The van der Waals surface area contributed by atoms with Crippen molar-refractivity contribution in [3.63, 3.8) is 0 Å². The molecule has 2 unspecified atom stereocenters. The van der Waals surface area contributed by atoms with Crippen LogP contribution in [-0.2, 0) is 15.6 Å². The molecule has 1 heterocycles. The highest BCUT2D eigenvalue weighted by atomic mass is 32.2. The lowest BCUT2D eigenvalue weighted by atomic mass is 10.1. The Hall–Kier alpha value is -0.380. The van der Waals surface area contributed by atoms with E-state index in [-0.39, 0.29) is 12.3 Å². The smallest absolute Gasteiger partial charge is 0.303 e. The van der Waals surface area contributed by atoms with Gasteiger partial charge in [-0.1, -0.05) is 0 Å². The molecule has 0 aromatic rings. The number of hydrogen-bond acceptors (Lipinski definition) is 2.